The highest BCUT2D eigenvalue weighted by Gasteiger charge is 2.34. The molecule has 0 bridgehead atoms. The van der Waals surface area contributed by atoms with E-state index in [9.17, 15) is 9.90 Å². The highest BCUT2D eigenvalue weighted by Crippen LogP contribution is 2.28. The van der Waals surface area contributed by atoms with Gasteiger partial charge in [0, 0.05) is 25.7 Å². The molecule has 0 atom stereocenters. The molecule has 0 unspecified atom stereocenters. The van der Waals surface area contributed by atoms with E-state index in [4.69, 9.17) is 4.74 Å². The molecular weight excluding hydrogens is 282 g/mol. The van der Waals surface area contributed by atoms with Crippen molar-refractivity contribution in [3.05, 3.63) is 24.0 Å². The van der Waals surface area contributed by atoms with Gasteiger partial charge in [-0.1, -0.05) is 0 Å². The number of pyridine rings is 1. The number of aromatic hydroxyl groups is 1. The van der Waals surface area contributed by atoms with Gasteiger partial charge in [-0.3, -0.25) is 4.98 Å². The lowest BCUT2D eigenvalue weighted by molar-refractivity contribution is 0.0236. The van der Waals surface area contributed by atoms with Gasteiger partial charge in [-0.05, 0) is 45.7 Å². The van der Waals surface area contributed by atoms with E-state index >= 15 is 0 Å². The molecule has 2 rings (SSSR count). The average Bonchev–Trinajstić information content (AvgIpc) is 3.23. The van der Waals surface area contributed by atoms with E-state index in [1.807, 2.05) is 25.7 Å². The molecule has 1 saturated carbocycles. The molecule has 6 heteroatoms. The van der Waals surface area contributed by atoms with Gasteiger partial charge < -0.3 is 20.1 Å². The summed E-state index contributed by atoms with van der Waals surface area (Å²) in [7, 11) is 0. The van der Waals surface area contributed by atoms with Gasteiger partial charge >= 0.3 is 6.09 Å². The number of aromatic nitrogens is 1. The Bertz CT molecular complexity index is 492. The van der Waals surface area contributed by atoms with Crippen LogP contribution in [0.1, 0.15) is 39.3 Å². The Hall–Kier alpha value is -1.82. The maximum absolute atomic E-state index is 12.2. The van der Waals surface area contributed by atoms with Crippen molar-refractivity contribution in [2.45, 2.75) is 51.8 Å². The normalized spacial score (nSPS) is 14.7. The van der Waals surface area contributed by atoms with E-state index in [-0.39, 0.29) is 11.8 Å². The lowest BCUT2D eigenvalue weighted by Gasteiger charge is -2.27. The van der Waals surface area contributed by atoms with Crippen LogP contribution < -0.4 is 5.32 Å². The molecule has 122 valence electrons. The number of carbonyl (C=O) groups excluding carboxylic acids is 1. The second-order valence-corrected chi connectivity index (χ2v) is 6.59. The highest BCUT2D eigenvalue weighted by atomic mass is 16.6. The number of carbonyl (C=O) groups is 1. The number of hydrogen-bond donors (Lipinski definition) is 2. The van der Waals surface area contributed by atoms with E-state index in [1.165, 1.54) is 6.20 Å². The van der Waals surface area contributed by atoms with Gasteiger partial charge in [0.1, 0.15) is 11.4 Å². The number of nitrogens with one attached hydrogen (secondary N) is 1. The van der Waals surface area contributed by atoms with Gasteiger partial charge in [0.05, 0.1) is 11.9 Å². The van der Waals surface area contributed by atoms with Gasteiger partial charge in [0.2, 0.25) is 0 Å². The molecule has 0 aliphatic heterocycles. The second kappa shape index (κ2) is 6.96. The van der Waals surface area contributed by atoms with Crippen LogP contribution in [-0.2, 0) is 11.3 Å². The molecular formula is C16H25N3O3. The van der Waals surface area contributed by atoms with Gasteiger partial charge in [0.15, 0.2) is 0 Å². The van der Waals surface area contributed by atoms with Crippen molar-refractivity contribution in [3.63, 3.8) is 0 Å². The number of amides is 1. The lowest BCUT2D eigenvalue weighted by Crippen LogP contribution is -2.41. The number of nitrogens with zero attached hydrogens (tertiary/aromatic N) is 2. The summed E-state index contributed by atoms with van der Waals surface area (Å²) in [4.78, 5) is 18.1. The summed E-state index contributed by atoms with van der Waals surface area (Å²) in [6, 6.07) is 3.71. The van der Waals surface area contributed by atoms with Crippen LogP contribution in [-0.4, -0.2) is 45.8 Å². The molecule has 0 saturated heterocycles. The predicted molar refractivity (Wildman–Crippen MR) is 83.6 cm³/mol. The molecule has 22 heavy (non-hydrogen) atoms. The predicted octanol–water partition coefficient (Wildman–Crippen LogP) is 2.28. The van der Waals surface area contributed by atoms with Crippen LogP contribution in [0, 0.1) is 0 Å². The van der Waals surface area contributed by atoms with E-state index < -0.39 is 5.60 Å². The van der Waals surface area contributed by atoms with Gasteiger partial charge in [-0.25, -0.2) is 4.79 Å². The first-order valence-electron chi connectivity index (χ1n) is 7.69. The minimum Gasteiger partial charge on any atom is -0.506 e. The third-order valence-electron chi connectivity index (χ3n) is 3.26. The third kappa shape index (κ3) is 5.52. The zero-order valence-corrected chi connectivity index (χ0v) is 13.5. The monoisotopic (exact) mass is 307 g/mol. The van der Waals surface area contributed by atoms with Crippen molar-refractivity contribution >= 4 is 6.09 Å². The van der Waals surface area contributed by atoms with Crippen molar-refractivity contribution in [1.82, 2.24) is 15.2 Å². The fourth-order valence-corrected chi connectivity index (χ4v) is 2.07. The summed E-state index contributed by atoms with van der Waals surface area (Å²) >= 11 is 0. The molecule has 1 aliphatic carbocycles. The molecule has 0 aromatic carbocycles. The van der Waals surface area contributed by atoms with E-state index in [2.05, 4.69) is 10.3 Å². The molecule has 1 aromatic rings. The third-order valence-corrected chi connectivity index (χ3v) is 3.26. The van der Waals surface area contributed by atoms with Gasteiger partial charge in [-0.15, -0.1) is 0 Å². The minimum atomic E-state index is -0.465. The van der Waals surface area contributed by atoms with Crippen LogP contribution in [0.2, 0.25) is 0 Å². The Morgan fingerprint density at radius 3 is 2.73 bits per heavy atom. The standard InChI is InChI=1S/C16H25N3O3/c1-16(2,3)22-15(21)19(13-5-6-13)9-8-17-10-12-4-7-14(20)11-18-12/h4,7,11,13,17,20H,5-6,8-10H2,1-3H3. The highest BCUT2D eigenvalue weighted by molar-refractivity contribution is 5.69. The maximum atomic E-state index is 12.2. The summed E-state index contributed by atoms with van der Waals surface area (Å²) in [5.41, 5.74) is 0.390. The van der Waals surface area contributed by atoms with Crippen LogP contribution in [0.4, 0.5) is 4.79 Å². The van der Waals surface area contributed by atoms with E-state index in [0.717, 1.165) is 18.5 Å². The van der Waals surface area contributed by atoms with Crippen molar-refractivity contribution < 1.29 is 14.6 Å². The zero-order valence-electron chi connectivity index (χ0n) is 13.5. The minimum absolute atomic E-state index is 0.161. The summed E-state index contributed by atoms with van der Waals surface area (Å²) in [6.45, 7) is 7.54. The molecule has 2 N–H and O–H groups in total. The molecule has 0 spiro atoms. The summed E-state index contributed by atoms with van der Waals surface area (Å²) in [5, 5.41) is 12.4. The fourth-order valence-electron chi connectivity index (χ4n) is 2.07. The summed E-state index contributed by atoms with van der Waals surface area (Å²) < 4.78 is 5.45. The molecule has 1 aromatic heterocycles. The molecule has 1 fully saturated rings. The van der Waals surface area contributed by atoms with Crippen molar-refractivity contribution in [1.29, 1.82) is 0 Å². The first kappa shape index (κ1) is 16.5. The Balaban J connectivity index is 1.75. The fraction of sp³-hybridized carbons (Fsp3) is 0.625. The number of hydrogen-bond acceptors (Lipinski definition) is 5. The first-order chi connectivity index (χ1) is 10.3. The van der Waals surface area contributed by atoms with Crippen molar-refractivity contribution in [3.8, 4) is 5.75 Å². The van der Waals surface area contributed by atoms with Crippen LogP contribution >= 0.6 is 0 Å². The molecule has 6 nitrogen and oxygen atoms in total. The van der Waals surface area contributed by atoms with Crippen molar-refractivity contribution in [2.24, 2.45) is 0 Å². The second-order valence-electron chi connectivity index (χ2n) is 6.59. The number of rotatable bonds is 6. The molecule has 1 aliphatic rings. The first-order valence-corrected chi connectivity index (χ1v) is 7.69. The molecule has 1 heterocycles. The van der Waals surface area contributed by atoms with Crippen LogP contribution in [0.25, 0.3) is 0 Å². The zero-order chi connectivity index (χ0) is 16.2. The van der Waals surface area contributed by atoms with Crippen LogP contribution in [0.3, 0.4) is 0 Å². The quantitative estimate of drug-likeness (QED) is 0.789. The summed E-state index contributed by atoms with van der Waals surface area (Å²) in [5.74, 6) is 0.161. The lowest BCUT2D eigenvalue weighted by atomic mass is 10.2. The van der Waals surface area contributed by atoms with Gasteiger partial charge in [0.25, 0.3) is 0 Å². The van der Waals surface area contributed by atoms with E-state index in [0.29, 0.717) is 25.7 Å². The maximum Gasteiger partial charge on any atom is 0.410 e. The number of ether oxygens (including phenoxy) is 1. The Morgan fingerprint density at radius 2 is 2.18 bits per heavy atom. The SMILES string of the molecule is CC(C)(C)OC(=O)N(CCNCc1ccc(O)cn1)C1CC1. The Morgan fingerprint density at radius 1 is 1.45 bits per heavy atom. The van der Waals surface area contributed by atoms with Gasteiger partial charge in [-0.2, -0.15) is 0 Å². The largest absolute Gasteiger partial charge is 0.506 e. The molecule has 1 amide bonds. The Labute approximate surface area is 131 Å². The topological polar surface area (TPSA) is 74.7 Å². The average molecular weight is 307 g/mol. The smallest absolute Gasteiger partial charge is 0.410 e. The summed E-state index contributed by atoms with van der Waals surface area (Å²) in [6.07, 6.45) is 3.30. The van der Waals surface area contributed by atoms with E-state index in [1.54, 1.807) is 12.1 Å². The molecule has 0 radical (unpaired) electrons. The Kier molecular flexibility index (Phi) is 5.24. The van der Waals surface area contributed by atoms with Crippen molar-refractivity contribution in [2.75, 3.05) is 13.1 Å². The van der Waals surface area contributed by atoms with Crippen LogP contribution in [0.15, 0.2) is 18.3 Å². The van der Waals surface area contributed by atoms with Crippen LogP contribution in [0.5, 0.6) is 5.75 Å².